The minimum atomic E-state index is -0.138. The van der Waals surface area contributed by atoms with Crippen LogP contribution in [0.25, 0.3) is 0 Å². The molecule has 21 heavy (non-hydrogen) atoms. The molecule has 0 spiro atoms. The van der Waals surface area contributed by atoms with Crippen LogP contribution in [0.2, 0.25) is 5.02 Å². The van der Waals surface area contributed by atoms with Crippen LogP contribution in [0.5, 0.6) is 0 Å². The lowest BCUT2D eigenvalue weighted by Crippen LogP contribution is -2.42. The molecule has 0 aliphatic carbocycles. The van der Waals surface area contributed by atoms with Gasteiger partial charge in [0.05, 0.1) is 0 Å². The number of hydrogen-bond donors (Lipinski definition) is 0. The molecule has 1 aliphatic heterocycles. The zero-order valence-corrected chi connectivity index (χ0v) is 13.1. The van der Waals surface area contributed by atoms with E-state index in [-0.39, 0.29) is 18.4 Å². The predicted molar refractivity (Wildman–Crippen MR) is 84.5 cm³/mol. The molecule has 0 saturated carbocycles. The molecule has 0 bridgehead atoms. The second-order valence-corrected chi connectivity index (χ2v) is 5.81. The van der Waals surface area contributed by atoms with Crippen molar-refractivity contribution in [2.45, 2.75) is 32.6 Å². The number of carbonyl (C=O) groups is 2. The van der Waals surface area contributed by atoms with Gasteiger partial charge in [0.25, 0.3) is 0 Å². The average Bonchev–Trinajstić information content (AvgIpc) is 2.74. The van der Waals surface area contributed by atoms with E-state index in [0.29, 0.717) is 10.7 Å². The molecular formula is C16H21ClN2O2. The zero-order chi connectivity index (χ0) is 15.2. The van der Waals surface area contributed by atoms with Crippen molar-refractivity contribution in [2.75, 3.05) is 24.5 Å². The van der Waals surface area contributed by atoms with Gasteiger partial charge in [-0.15, -0.1) is 0 Å². The highest BCUT2D eigenvalue weighted by Gasteiger charge is 2.21. The van der Waals surface area contributed by atoms with Crippen LogP contribution in [-0.2, 0) is 9.59 Å². The number of carbonyl (C=O) groups excluding carboxylic acids is 2. The topological polar surface area (TPSA) is 40.6 Å². The highest BCUT2D eigenvalue weighted by molar-refractivity contribution is 6.30. The maximum absolute atomic E-state index is 12.4. The molecule has 1 fully saturated rings. The summed E-state index contributed by atoms with van der Waals surface area (Å²) in [6.45, 7) is 3.16. The number of benzene rings is 1. The molecule has 1 aliphatic rings. The van der Waals surface area contributed by atoms with E-state index in [2.05, 4.69) is 0 Å². The Labute approximate surface area is 130 Å². The summed E-state index contributed by atoms with van der Waals surface area (Å²) >= 11 is 5.86. The fraction of sp³-hybridized carbons (Fsp3) is 0.500. The highest BCUT2D eigenvalue weighted by Crippen LogP contribution is 2.19. The quantitative estimate of drug-likeness (QED) is 0.861. The molecule has 0 unspecified atom stereocenters. The van der Waals surface area contributed by atoms with Crippen molar-refractivity contribution in [2.24, 2.45) is 0 Å². The fourth-order valence-corrected chi connectivity index (χ4v) is 2.69. The van der Waals surface area contributed by atoms with E-state index in [1.165, 1.54) is 24.7 Å². The van der Waals surface area contributed by atoms with Gasteiger partial charge in [0.2, 0.25) is 11.8 Å². The molecule has 0 aromatic heterocycles. The summed E-state index contributed by atoms with van der Waals surface area (Å²) < 4.78 is 0. The first-order valence-corrected chi connectivity index (χ1v) is 7.77. The first kappa shape index (κ1) is 15.8. The Morgan fingerprint density at radius 3 is 2.19 bits per heavy atom. The third-order valence-electron chi connectivity index (χ3n) is 3.77. The number of halogens is 1. The van der Waals surface area contributed by atoms with Crippen molar-refractivity contribution in [3.8, 4) is 0 Å². The number of nitrogens with zero attached hydrogens (tertiary/aromatic N) is 2. The maximum Gasteiger partial charge on any atom is 0.242 e. The SMILES string of the molecule is CC(=O)N(CC(=O)N1CCCCCC1)c1ccc(Cl)cc1. The molecule has 2 amide bonds. The van der Waals surface area contributed by atoms with Gasteiger partial charge in [-0.25, -0.2) is 0 Å². The molecule has 1 saturated heterocycles. The van der Waals surface area contributed by atoms with Gasteiger partial charge in [0.15, 0.2) is 0 Å². The van der Waals surface area contributed by atoms with E-state index in [4.69, 9.17) is 11.6 Å². The Balaban J connectivity index is 2.06. The Kier molecular flexibility index (Phi) is 5.62. The highest BCUT2D eigenvalue weighted by atomic mass is 35.5. The van der Waals surface area contributed by atoms with Crippen molar-refractivity contribution in [1.82, 2.24) is 4.90 Å². The largest absolute Gasteiger partial charge is 0.341 e. The summed E-state index contributed by atoms with van der Waals surface area (Å²) in [5.74, 6) is -0.123. The van der Waals surface area contributed by atoms with Gasteiger partial charge in [-0.3, -0.25) is 9.59 Å². The smallest absolute Gasteiger partial charge is 0.242 e. The second-order valence-electron chi connectivity index (χ2n) is 5.38. The first-order chi connectivity index (χ1) is 10.1. The van der Waals surface area contributed by atoms with Crippen LogP contribution in [0.3, 0.4) is 0 Å². The van der Waals surface area contributed by atoms with E-state index in [1.807, 2.05) is 4.90 Å². The average molecular weight is 309 g/mol. The van der Waals surface area contributed by atoms with Gasteiger partial charge in [0, 0.05) is 30.7 Å². The van der Waals surface area contributed by atoms with E-state index in [0.717, 1.165) is 25.9 Å². The molecule has 5 heteroatoms. The third-order valence-corrected chi connectivity index (χ3v) is 4.02. The summed E-state index contributed by atoms with van der Waals surface area (Å²) in [6, 6.07) is 6.98. The van der Waals surface area contributed by atoms with Crippen LogP contribution in [0.15, 0.2) is 24.3 Å². The van der Waals surface area contributed by atoms with Crippen LogP contribution in [0.1, 0.15) is 32.6 Å². The molecule has 2 rings (SSSR count). The van der Waals surface area contributed by atoms with Gasteiger partial charge in [-0.2, -0.15) is 0 Å². The monoisotopic (exact) mass is 308 g/mol. The fourth-order valence-electron chi connectivity index (χ4n) is 2.56. The molecule has 0 atom stereocenters. The van der Waals surface area contributed by atoms with Gasteiger partial charge in [-0.1, -0.05) is 24.4 Å². The zero-order valence-electron chi connectivity index (χ0n) is 12.3. The van der Waals surface area contributed by atoms with Crippen molar-refractivity contribution >= 4 is 29.1 Å². The van der Waals surface area contributed by atoms with Crippen molar-refractivity contribution < 1.29 is 9.59 Å². The number of likely N-dealkylation sites (tertiary alicyclic amines) is 1. The number of rotatable bonds is 3. The van der Waals surface area contributed by atoms with E-state index in [1.54, 1.807) is 24.3 Å². The van der Waals surface area contributed by atoms with E-state index < -0.39 is 0 Å². The van der Waals surface area contributed by atoms with Gasteiger partial charge >= 0.3 is 0 Å². The maximum atomic E-state index is 12.4. The second kappa shape index (κ2) is 7.46. The van der Waals surface area contributed by atoms with E-state index >= 15 is 0 Å². The van der Waals surface area contributed by atoms with E-state index in [9.17, 15) is 9.59 Å². The van der Waals surface area contributed by atoms with Gasteiger partial charge in [0.1, 0.15) is 6.54 Å². The predicted octanol–water partition coefficient (Wildman–Crippen LogP) is 3.10. The van der Waals surface area contributed by atoms with Gasteiger partial charge < -0.3 is 9.80 Å². The third kappa shape index (κ3) is 4.46. The van der Waals surface area contributed by atoms with Crippen LogP contribution in [-0.4, -0.2) is 36.3 Å². The lowest BCUT2D eigenvalue weighted by atomic mass is 10.2. The molecule has 1 aromatic carbocycles. The molecule has 4 nitrogen and oxygen atoms in total. The standard InChI is InChI=1S/C16H21ClN2O2/c1-13(20)19(15-8-6-14(17)7-9-15)12-16(21)18-10-4-2-3-5-11-18/h6-9H,2-5,10-12H2,1H3. The van der Waals surface area contributed by atoms with Crippen molar-refractivity contribution in [1.29, 1.82) is 0 Å². The van der Waals surface area contributed by atoms with Crippen molar-refractivity contribution in [3.05, 3.63) is 29.3 Å². The Hall–Kier alpha value is -1.55. The number of anilines is 1. The number of hydrogen-bond acceptors (Lipinski definition) is 2. The lowest BCUT2D eigenvalue weighted by molar-refractivity contribution is -0.131. The molecule has 114 valence electrons. The van der Waals surface area contributed by atoms with Crippen LogP contribution >= 0.6 is 11.6 Å². The van der Waals surface area contributed by atoms with Crippen LogP contribution in [0.4, 0.5) is 5.69 Å². The van der Waals surface area contributed by atoms with Gasteiger partial charge in [-0.05, 0) is 37.1 Å². The Morgan fingerprint density at radius 1 is 1.10 bits per heavy atom. The van der Waals surface area contributed by atoms with Crippen LogP contribution < -0.4 is 4.90 Å². The molecule has 0 radical (unpaired) electrons. The van der Waals surface area contributed by atoms with Crippen molar-refractivity contribution in [3.63, 3.8) is 0 Å². The summed E-state index contributed by atoms with van der Waals surface area (Å²) in [7, 11) is 0. The number of amides is 2. The molecular weight excluding hydrogens is 288 g/mol. The summed E-state index contributed by atoms with van der Waals surface area (Å²) in [6.07, 6.45) is 4.45. The lowest BCUT2D eigenvalue weighted by Gasteiger charge is -2.26. The molecule has 0 N–H and O–H groups in total. The Bertz CT molecular complexity index is 494. The molecule has 1 heterocycles. The minimum absolute atomic E-state index is 0.0158. The summed E-state index contributed by atoms with van der Waals surface area (Å²) in [5, 5.41) is 0.612. The Morgan fingerprint density at radius 2 is 1.67 bits per heavy atom. The minimum Gasteiger partial charge on any atom is -0.341 e. The summed E-state index contributed by atoms with van der Waals surface area (Å²) in [5.41, 5.74) is 0.704. The van der Waals surface area contributed by atoms with Crippen LogP contribution in [0, 0.1) is 0 Å². The first-order valence-electron chi connectivity index (χ1n) is 7.39. The summed E-state index contributed by atoms with van der Waals surface area (Å²) in [4.78, 5) is 27.6. The molecule has 1 aromatic rings. The normalized spacial score (nSPS) is 15.4.